The molecule has 0 aliphatic rings. The van der Waals surface area contributed by atoms with Gasteiger partial charge in [-0.05, 0) is 26.0 Å². The minimum atomic E-state index is -0.690. The number of esters is 1. The number of pyridine rings is 1. The minimum absolute atomic E-state index is 0.0510. The number of carbonyl (C=O) groups is 1. The van der Waals surface area contributed by atoms with Crippen molar-refractivity contribution in [2.24, 2.45) is 0 Å². The van der Waals surface area contributed by atoms with Gasteiger partial charge in [0.05, 0.1) is 35.5 Å². The van der Waals surface area contributed by atoms with Crippen LogP contribution in [0, 0.1) is 0 Å². The molecule has 2 aromatic heterocycles. The molecule has 8 nitrogen and oxygen atoms in total. The lowest BCUT2D eigenvalue weighted by molar-refractivity contribution is 0.0525. The van der Waals surface area contributed by atoms with Crippen LogP contribution in [-0.4, -0.2) is 47.2 Å². The number of hydrogen-bond acceptors (Lipinski definition) is 6. The molecule has 0 aliphatic carbocycles. The molecule has 3 rings (SSSR count). The number of nitrogens with zero attached hydrogens (tertiary/aromatic N) is 3. The zero-order chi connectivity index (χ0) is 24.0. The van der Waals surface area contributed by atoms with Gasteiger partial charge in [-0.2, -0.15) is 0 Å². The number of benzene rings is 1. The van der Waals surface area contributed by atoms with Gasteiger partial charge >= 0.3 is 5.97 Å². The maximum Gasteiger partial charge on any atom is 0.344 e. The van der Waals surface area contributed by atoms with E-state index in [0.29, 0.717) is 52.6 Å². The Morgan fingerprint density at radius 2 is 1.88 bits per heavy atom. The van der Waals surface area contributed by atoms with Gasteiger partial charge in [0, 0.05) is 43.2 Å². The number of methoxy groups -OCH3 is 1. The van der Waals surface area contributed by atoms with Crippen molar-refractivity contribution in [2.75, 3.05) is 26.9 Å². The molecule has 0 atom stereocenters. The van der Waals surface area contributed by atoms with Gasteiger partial charge in [-0.25, -0.2) is 4.79 Å². The van der Waals surface area contributed by atoms with Gasteiger partial charge in [0.1, 0.15) is 12.2 Å². The molecule has 0 radical (unpaired) electrons. The largest absolute Gasteiger partial charge is 0.474 e. The Morgan fingerprint density at radius 1 is 1.09 bits per heavy atom. The first kappa shape index (κ1) is 24.8. The maximum atomic E-state index is 13.1. The van der Waals surface area contributed by atoms with Crippen molar-refractivity contribution in [2.45, 2.75) is 26.9 Å². The van der Waals surface area contributed by atoms with Gasteiger partial charge in [-0.3, -0.25) is 9.48 Å². The Morgan fingerprint density at radius 3 is 2.55 bits per heavy atom. The fraction of sp³-hybridized carbons (Fsp3) is 0.348. The van der Waals surface area contributed by atoms with E-state index < -0.39 is 11.4 Å². The fourth-order valence-electron chi connectivity index (χ4n) is 3.44. The van der Waals surface area contributed by atoms with E-state index in [2.05, 4.69) is 5.10 Å². The Labute approximate surface area is 201 Å². The molecule has 0 spiro atoms. The number of rotatable bonds is 10. The third-order valence-corrected chi connectivity index (χ3v) is 5.60. The minimum Gasteiger partial charge on any atom is -0.474 e. The molecular weight excluding hydrogens is 469 g/mol. The van der Waals surface area contributed by atoms with Crippen molar-refractivity contribution in [3.8, 4) is 17.1 Å². The summed E-state index contributed by atoms with van der Waals surface area (Å²) < 4.78 is 19.2. The molecule has 0 saturated carbocycles. The predicted octanol–water partition coefficient (Wildman–Crippen LogP) is 4.29. The first-order valence-electron chi connectivity index (χ1n) is 10.4. The third-order valence-electron chi connectivity index (χ3n) is 4.86. The van der Waals surface area contributed by atoms with Crippen LogP contribution in [0.1, 0.15) is 29.9 Å². The van der Waals surface area contributed by atoms with Crippen LogP contribution in [-0.2, 0) is 22.6 Å². The summed E-state index contributed by atoms with van der Waals surface area (Å²) in [6, 6.07) is 8.15. The molecule has 0 aliphatic heterocycles. The molecule has 33 heavy (non-hydrogen) atoms. The quantitative estimate of drug-likeness (QED) is 0.309. The summed E-state index contributed by atoms with van der Waals surface area (Å²) in [6.07, 6.45) is 1.75. The van der Waals surface area contributed by atoms with Crippen LogP contribution < -0.4 is 10.2 Å². The molecule has 0 fully saturated rings. The average molecular weight is 494 g/mol. The second-order valence-electron chi connectivity index (χ2n) is 7.01. The van der Waals surface area contributed by atoms with Crippen molar-refractivity contribution >= 4 is 29.2 Å². The topological polar surface area (TPSA) is 84.6 Å². The molecule has 1 aromatic carbocycles. The maximum absolute atomic E-state index is 13.1. The van der Waals surface area contributed by atoms with Gasteiger partial charge in [-0.1, -0.05) is 29.3 Å². The van der Waals surface area contributed by atoms with Crippen molar-refractivity contribution in [1.29, 1.82) is 0 Å². The summed E-state index contributed by atoms with van der Waals surface area (Å²) in [5, 5.41) is 5.08. The van der Waals surface area contributed by atoms with Crippen LogP contribution in [0.25, 0.3) is 11.3 Å². The highest BCUT2D eigenvalue weighted by molar-refractivity contribution is 6.42. The summed E-state index contributed by atoms with van der Waals surface area (Å²) in [4.78, 5) is 25.8. The van der Waals surface area contributed by atoms with E-state index in [1.807, 2.05) is 11.5 Å². The summed E-state index contributed by atoms with van der Waals surface area (Å²) >= 11 is 12.3. The van der Waals surface area contributed by atoms with Gasteiger partial charge in [-0.15, -0.1) is 5.10 Å². The highest BCUT2D eigenvalue weighted by Gasteiger charge is 2.24. The zero-order valence-electron chi connectivity index (χ0n) is 18.6. The van der Waals surface area contributed by atoms with E-state index in [1.165, 1.54) is 6.07 Å². The van der Waals surface area contributed by atoms with Gasteiger partial charge in [0.2, 0.25) is 5.88 Å². The summed E-state index contributed by atoms with van der Waals surface area (Å²) in [5.41, 5.74) is 1.16. The fourth-order valence-corrected chi connectivity index (χ4v) is 3.73. The lowest BCUT2D eigenvalue weighted by atomic mass is 10.0. The van der Waals surface area contributed by atoms with E-state index >= 15 is 0 Å². The first-order valence-corrected chi connectivity index (χ1v) is 11.2. The van der Waals surface area contributed by atoms with Crippen LogP contribution in [0.3, 0.4) is 0 Å². The van der Waals surface area contributed by atoms with E-state index in [4.69, 9.17) is 37.4 Å². The Kier molecular flexibility index (Phi) is 8.55. The lowest BCUT2D eigenvalue weighted by Crippen LogP contribution is -2.25. The number of halogens is 2. The molecule has 176 valence electrons. The molecule has 3 aromatic rings. The van der Waals surface area contributed by atoms with E-state index in [9.17, 15) is 9.59 Å². The number of carbonyl (C=O) groups excluding carboxylic acids is 1. The van der Waals surface area contributed by atoms with E-state index in [0.717, 1.165) is 0 Å². The van der Waals surface area contributed by atoms with Crippen molar-refractivity contribution < 1.29 is 19.0 Å². The molecule has 10 heteroatoms. The zero-order valence-corrected chi connectivity index (χ0v) is 20.2. The van der Waals surface area contributed by atoms with E-state index in [-0.39, 0.29) is 18.7 Å². The van der Waals surface area contributed by atoms with Gasteiger partial charge in [0.25, 0.3) is 0 Å². The van der Waals surface area contributed by atoms with Crippen LogP contribution in [0.2, 0.25) is 10.0 Å². The Balaban J connectivity index is 2.10. The van der Waals surface area contributed by atoms with Crippen LogP contribution in [0.15, 0.2) is 41.3 Å². The smallest absolute Gasteiger partial charge is 0.344 e. The van der Waals surface area contributed by atoms with Crippen LogP contribution in [0.4, 0.5) is 0 Å². The second kappa shape index (κ2) is 11.4. The Bertz CT molecular complexity index is 1190. The van der Waals surface area contributed by atoms with Crippen LogP contribution in [0.5, 0.6) is 5.88 Å². The van der Waals surface area contributed by atoms with Crippen molar-refractivity contribution in [1.82, 2.24) is 14.3 Å². The lowest BCUT2D eigenvalue weighted by Gasteiger charge is -2.20. The van der Waals surface area contributed by atoms with Crippen LogP contribution >= 0.6 is 23.2 Å². The van der Waals surface area contributed by atoms with Gasteiger partial charge in [0.15, 0.2) is 5.43 Å². The molecule has 0 N–H and O–H groups in total. The number of ether oxygens (including phenoxy) is 3. The standard InChI is InChI=1S/C23H25Cl2N3O5/c1-4-28-16(14-27-9-8-20(26-27)33-11-10-31-3)13-19(29)21(23(30)32-5-2)22(28)15-6-7-17(24)18(25)12-15/h6-9,12-13H,4-5,10-11,14H2,1-3H3. The van der Waals surface area contributed by atoms with Gasteiger partial charge < -0.3 is 18.8 Å². The summed E-state index contributed by atoms with van der Waals surface area (Å²) in [6.45, 7) is 5.35. The molecule has 0 amide bonds. The third kappa shape index (κ3) is 5.76. The normalized spacial score (nSPS) is 10.9. The second-order valence-corrected chi connectivity index (χ2v) is 7.82. The average Bonchev–Trinajstić information content (AvgIpc) is 3.22. The number of hydrogen-bond donors (Lipinski definition) is 0. The van der Waals surface area contributed by atoms with Crippen molar-refractivity contribution in [3.05, 3.63) is 68.1 Å². The monoisotopic (exact) mass is 493 g/mol. The summed E-state index contributed by atoms with van der Waals surface area (Å²) in [5.74, 6) is -0.240. The predicted molar refractivity (Wildman–Crippen MR) is 126 cm³/mol. The molecule has 2 heterocycles. The highest BCUT2D eigenvalue weighted by Crippen LogP contribution is 2.31. The summed E-state index contributed by atoms with van der Waals surface area (Å²) in [7, 11) is 1.59. The molecule has 0 unspecified atom stereocenters. The molecule has 0 bridgehead atoms. The van der Waals surface area contributed by atoms with E-state index in [1.54, 1.807) is 49.2 Å². The highest BCUT2D eigenvalue weighted by atomic mass is 35.5. The molecule has 0 saturated heterocycles. The first-order chi connectivity index (χ1) is 15.9. The van der Waals surface area contributed by atoms with Crippen molar-refractivity contribution in [3.63, 3.8) is 0 Å². The SMILES string of the molecule is CCOC(=O)c1c(-c2ccc(Cl)c(Cl)c2)n(CC)c(Cn2ccc(OCCOC)n2)cc1=O. The number of aromatic nitrogens is 3. The Hall–Kier alpha value is -2.81. The molecular formula is C23H25Cl2N3O5.